The highest BCUT2D eigenvalue weighted by molar-refractivity contribution is 5.88. The molecule has 5 aromatic rings. The number of carbonyl (C=O) groups excluding carboxylic acids is 1. The molecule has 0 fully saturated rings. The number of hydrogen-bond acceptors (Lipinski definition) is 6. The molecule has 0 radical (unpaired) electrons. The van der Waals surface area contributed by atoms with Crippen LogP contribution in [0.1, 0.15) is 29.2 Å². The van der Waals surface area contributed by atoms with Crippen molar-refractivity contribution in [2.75, 3.05) is 20.3 Å². The highest BCUT2D eigenvalue weighted by atomic mass is 16.6. The zero-order valence-corrected chi connectivity index (χ0v) is 24.2. The normalized spacial score (nSPS) is 10.8. The van der Waals surface area contributed by atoms with Gasteiger partial charge in [0.25, 0.3) is 0 Å². The minimum atomic E-state index is -0.388. The minimum absolute atomic E-state index is 0.119. The van der Waals surface area contributed by atoms with Crippen molar-refractivity contribution in [1.82, 2.24) is 4.57 Å². The average molecular weight is 566 g/mol. The molecule has 7 heteroatoms. The Morgan fingerprint density at radius 2 is 1.45 bits per heavy atom. The molecule has 1 aromatic heterocycles. The van der Waals surface area contributed by atoms with Gasteiger partial charge in [-0.1, -0.05) is 54.6 Å². The second-order valence-corrected chi connectivity index (χ2v) is 9.85. The molecule has 0 spiro atoms. The number of fused-ring (bicyclic) bond motifs is 1. The summed E-state index contributed by atoms with van der Waals surface area (Å²) < 4.78 is 30.7. The highest BCUT2D eigenvalue weighted by Gasteiger charge is 2.18. The molecule has 0 unspecified atom stereocenters. The summed E-state index contributed by atoms with van der Waals surface area (Å²) in [6, 6.07) is 31.9. The molecule has 0 atom stereocenters. The van der Waals surface area contributed by atoms with Gasteiger partial charge in [0.05, 0.1) is 25.8 Å². The Morgan fingerprint density at radius 3 is 2.21 bits per heavy atom. The lowest BCUT2D eigenvalue weighted by atomic mass is 10.2. The van der Waals surface area contributed by atoms with E-state index in [9.17, 15) is 4.79 Å². The Balaban J connectivity index is 1.41. The molecule has 0 saturated heterocycles. The number of carbonyl (C=O) groups is 1. The van der Waals surface area contributed by atoms with E-state index in [-0.39, 0.29) is 12.6 Å². The first-order chi connectivity index (χ1) is 20.5. The van der Waals surface area contributed by atoms with Gasteiger partial charge in [0.15, 0.2) is 12.5 Å². The standard InChI is InChI=1S/C35H35NO6/c1-4-39-34(37)24-41-29-15-13-26(14-16-29)21-36-33-18-17-31(40-22-27-9-6-5-7-10-27)20-32(33)25(2)35(36)42-23-28-11-8-12-30(19-28)38-3/h5-20H,4,21-24H2,1-3H3. The van der Waals surface area contributed by atoms with Crippen LogP contribution in [0.25, 0.3) is 10.9 Å². The lowest BCUT2D eigenvalue weighted by molar-refractivity contribution is -0.145. The topological polar surface area (TPSA) is 68.2 Å². The van der Waals surface area contributed by atoms with Gasteiger partial charge < -0.3 is 28.3 Å². The number of benzene rings is 4. The van der Waals surface area contributed by atoms with Crippen molar-refractivity contribution in [3.63, 3.8) is 0 Å². The van der Waals surface area contributed by atoms with Gasteiger partial charge in [0.1, 0.15) is 30.5 Å². The van der Waals surface area contributed by atoms with Crippen LogP contribution in [0, 0.1) is 6.92 Å². The molecule has 0 bridgehead atoms. The maximum atomic E-state index is 11.6. The first-order valence-electron chi connectivity index (χ1n) is 14.0. The van der Waals surface area contributed by atoms with Crippen molar-refractivity contribution in [2.24, 2.45) is 0 Å². The molecule has 1 heterocycles. The number of aromatic nitrogens is 1. The lowest BCUT2D eigenvalue weighted by Crippen LogP contribution is -2.14. The summed E-state index contributed by atoms with van der Waals surface area (Å²) in [5, 5.41) is 1.07. The molecule has 4 aromatic carbocycles. The minimum Gasteiger partial charge on any atom is -0.497 e. The van der Waals surface area contributed by atoms with Crippen LogP contribution in [0.5, 0.6) is 23.1 Å². The van der Waals surface area contributed by atoms with Gasteiger partial charge in [-0.3, -0.25) is 0 Å². The summed E-state index contributed by atoms with van der Waals surface area (Å²) in [7, 11) is 1.66. The van der Waals surface area contributed by atoms with Crippen LogP contribution < -0.4 is 18.9 Å². The first-order valence-corrected chi connectivity index (χ1v) is 14.0. The van der Waals surface area contributed by atoms with Crippen LogP contribution in [0.2, 0.25) is 0 Å². The summed E-state index contributed by atoms with van der Waals surface area (Å²) in [4.78, 5) is 11.6. The van der Waals surface area contributed by atoms with Gasteiger partial charge in [-0.2, -0.15) is 0 Å². The van der Waals surface area contributed by atoms with E-state index >= 15 is 0 Å². The maximum absolute atomic E-state index is 11.6. The van der Waals surface area contributed by atoms with E-state index in [2.05, 4.69) is 35.8 Å². The Bertz CT molecular complexity index is 1630. The summed E-state index contributed by atoms with van der Waals surface area (Å²) in [6.45, 7) is 5.53. The number of rotatable bonds is 13. The third kappa shape index (κ3) is 7.04. The maximum Gasteiger partial charge on any atom is 0.344 e. The molecule has 0 amide bonds. The van der Waals surface area contributed by atoms with Gasteiger partial charge in [0.2, 0.25) is 0 Å². The van der Waals surface area contributed by atoms with E-state index < -0.39 is 0 Å². The zero-order chi connectivity index (χ0) is 29.3. The van der Waals surface area contributed by atoms with Crippen LogP contribution in [0.15, 0.2) is 97.1 Å². The first kappa shape index (κ1) is 28.6. The molecule has 216 valence electrons. The fourth-order valence-corrected chi connectivity index (χ4v) is 4.78. The number of esters is 1. The summed E-state index contributed by atoms with van der Waals surface area (Å²) in [5.74, 6) is 2.60. The predicted molar refractivity (Wildman–Crippen MR) is 162 cm³/mol. The molecule has 0 aliphatic heterocycles. The zero-order valence-electron chi connectivity index (χ0n) is 24.2. The number of aryl methyl sites for hydroxylation is 1. The van der Waals surface area contributed by atoms with Crippen molar-refractivity contribution < 1.29 is 28.5 Å². The molecule has 42 heavy (non-hydrogen) atoms. The molecular formula is C35H35NO6. The quantitative estimate of drug-likeness (QED) is 0.142. The van der Waals surface area contributed by atoms with Gasteiger partial charge in [0, 0.05) is 10.9 Å². The summed E-state index contributed by atoms with van der Waals surface area (Å²) in [6.07, 6.45) is 0. The fourth-order valence-electron chi connectivity index (χ4n) is 4.78. The van der Waals surface area contributed by atoms with E-state index in [0.29, 0.717) is 32.1 Å². The number of hydrogen-bond donors (Lipinski definition) is 0. The second-order valence-electron chi connectivity index (χ2n) is 9.85. The van der Waals surface area contributed by atoms with Crippen LogP contribution >= 0.6 is 0 Å². The molecule has 0 aliphatic carbocycles. The lowest BCUT2D eigenvalue weighted by Gasteiger charge is -2.14. The monoisotopic (exact) mass is 565 g/mol. The summed E-state index contributed by atoms with van der Waals surface area (Å²) >= 11 is 0. The smallest absolute Gasteiger partial charge is 0.344 e. The third-order valence-corrected chi connectivity index (χ3v) is 6.91. The van der Waals surface area contributed by atoms with E-state index in [1.807, 2.05) is 72.8 Å². The predicted octanol–water partition coefficient (Wildman–Crippen LogP) is 7.11. The van der Waals surface area contributed by atoms with Crippen LogP contribution in [0.3, 0.4) is 0 Å². The number of nitrogens with zero attached hydrogens (tertiary/aromatic N) is 1. The molecule has 5 rings (SSSR count). The molecule has 7 nitrogen and oxygen atoms in total. The van der Waals surface area contributed by atoms with Crippen LogP contribution in [-0.4, -0.2) is 30.9 Å². The highest BCUT2D eigenvalue weighted by Crippen LogP contribution is 2.35. The Labute approximate surface area is 246 Å². The molecule has 0 aliphatic rings. The van der Waals surface area contributed by atoms with Gasteiger partial charge in [-0.15, -0.1) is 0 Å². The van der Waals surface area contributed by atoms with Crippen molar-refractivity contribution in [3.8, 4) is 23.1 Å². The average Bonchev–Trinajstić information content (AvgIpc) is 3.28. The second kappa shape index (κ2) is 13.6. The van der Waals surface area contributed by atoms with Crippen molar-refractivity contribution in [3.05, 3.63) is 119 Å². The van der Waals surface area contributed by atoms with E-state index in [1.54, 1.807) is 14.0 Å². The molecule has 0 N–H and O–H groups in total. The number of methoxy groups -OCH3 is 1. The Morgan fingerprint density at radius 1 is 0.714 bits per heavy atom. The largest absolute Gasteiger partial charge is 0.497 e. The van der Waals surface area contributed by atoms with E-state index in [4.69, 9.17) is 23.7 Å². The van der Waals surface area contributed by atoms with Crippen LogP contribution in [0.4, 0.5) is 0 Å². The van der Waals surface area contributed by atoms with Crippen molar-refractivity contribution >= 4 is 16.9 Å². The van der Waals surface area contributed by atoms with E-state index in [1.165, 1.54) is 0 Å². The summed E-state index contributed by atoms with van der Waals surface area (Å²) in [5.41, 5.74) is 5.27. The SMILES string of the molecule is CCOC(=O)COc1ccc(Cn2c(OCc3cccc(OC)c3)c(C)c3cc(OCc4ccccc4)ccc32)cc1. The van der Waals surface area contributed by atoms with Crippen LogP contribution in [-0.2, 0) is 29.3 Å². The van der Waals surface area contributed by atoms with Gasteiger partial charge in [-0.25, -0.2) is 4.79 Å². The third-order valence-electron chi connectivity index (χ3n) is 6.91. The van der Waals surface area contributed by atoms with Crippen molar-refractivity contribution in [1.29, 1.82) is 0 Å². The Hall–Kier alpha value is -4.91. The Kier molecular flexibility index (Phi) is 9.29. The van der Waals surface area contributed by atoms with E-state index in [0.717, 1.165) is 50.5 Å². The van der Waals surface area contributed by atoms with Gasteiger partial charge >= 0.3 is 5.97 Å². The van der Waals surface area contributed by atoms with Crippen molar-refractivity contribution in [2.45, 2.75) is 33.6 Å². The molecule has 0 saturated carbocycles. The number of ether oxygens (including phenoxy) is 5. The molecular weight excluding hydrogens is 530 g/mol. The van der Waals surface area contributed by atoms with Gasteiger partial charge in [-0.05, 0) is 73.0 Å². The fraction of sp³-hybridized carbons (Fsp3) is 0.229.